The average Bonchev–Trinajstić information content (AvgIpc) is 3.92. The van der Waals surface area contributed by atoms with Gasteiger partial charge in [0, 0.05) is 115 Å². The van der Waals surface area contributed by atoms with Gasteiger partial charge in [0.15, 0.2) is 0 Å². The van der Waals surface area contributed by atoms with Crippen molar-refractivity contribution in [2.45, 2.75) is 95.9 Å². The quantitative estimate of drug-likeness (QED) is 0.0637. The van der Waals surface area contributed by atoms with Crippen LogP contribution in [0.15, 0.2) is 61.1 Å². The van der Waals surface area contributed by atoms with Crippen molar-refractivity contribution in [3.05, 3.63) is 89.0 Å². The van der Waals surface area contributed by atoms with Gasteiger partial charge >= 0.3 is 30.3 Å². The number of nitrogen functional groups attached to an aromatic ring is 2. The predicted octanol–water partition coefficient (Wildman–Crippen LogP) is 4.31. The van der Waals surface area contributed by atoms with Crippen LogP contribution in [0.1, 0.15) is 92.2 Å². The summed E-state index contributed by atoms with van der Waals surface area (Å²) < 4.78 is 11.7. The summed E-state index contributed by atoms with van der Waals surface area (Å²) in [5, 5.41) is 29.6. The Bertz CT molecular complexity index is 2170. The molecule has 3 saturated heterocycles. The Morgan fingerprint density at radius 3 is 1.40 bits per heavy atom. The highest BCUT2D eigenvalue weighted by Gasteiger charge is 2.30. The van der Waals surface area contributed by atoms with Gasteiger partial charge in [0.1, 0.15) is 23.9 Å². The molecular weight excluding hydrogens is 941 g/mol. The molecule has 3 aromatic rings. The largest absolute Gasteiger partial charge is 0.465 e. The number of aromatic nitrogens is 2. The standard InChI is InChI=1S/C36H50N10O6.C14H22N4O3/c37-31(38)27-11-7-25(8-12-27)23-41-33(47)43-15-19-45(20-16-43)35(49)51-29-3-1-4-30(6-2-5-29)52-36(50)46-21-17-44(18-22-46)34(48)42-24-26-9-13-28(14-10-26)32(39)40;19-13(17-6-8-18(9-7-17)14(20)21)5-3-1-2-4-12-10-15-11-16-12/h7-14,29-30H,1-6,15-24H2,(H3,37,38)(H3,39,40)(H,41,47)(H,42,48);10-11H,1-9H2,(H,15,16)(H,20,21)/t29-,30+;. The van der Waals surface area contributed by atoms with E-state index in [1.165, 1.54) is 4.90 Å². The minimum Gasteiger partial charge on any atom is -0.465 e. The molecule has 0 atom stereocenters. The molecule has 10 N–H and O–H groups in total. The molecule has 8 amide bonds. The number of nitrogens with two attached hydrogens (primary N) is 2. The van der Waals surface area contributed by atoms with Gasteiger partial charge in [-0.15, -0.1) is 0 Å². The van der Waals surface area contributed by atoms with Crippen molar-refractivity contribution in [2.75, 3.05) is 78.5 Å². The number of carbonyl (C=O) groups excluding carboxylic acids is 5. The molecule has 4 fully saturated rings. The number of amides is 8. The van der Waals surface area contributed by atoms with Crippen LogP contribution < -0.4 is 22.1 Å². The first-order chi connectivity index (χ1) is 35.2. The number of unbranched alkanes of at least 4 members (excludes halogenated alkanes) is 2. The zero-order valence-corrected chi connectivity index (χ0v) is 41.6. The van der Waals surface area contributed by atoms with Crippen LogP contribution in [0.5, 0.6) is 0 Å². The second-order valence-corrected chi connectivity index (χ2v) is 18.6. The van der Waals surface area contributed by atoms with Crippen LogP contribution in [-0.4, -0.2) is 183 Å². The summed E-state index contributed by atoms with van der Waals surface area (Å²) in [6.07, 6.45) is 10.2. The Morgan fingerprint density at radius 1 is 0.589 bits per heavy atom. The number of nitrogens with one attached hydrogen (secondary N) is 5. The van der Waals surface area contributed by atoms with E-state index in [-0.39, 0.29) is 54.0 Å². The van der Waals surface area contributed by atoms with E-state index < -0.39 is 6.09 Å². The van der Waals surface area contributed by atoms with Crippen LogP contribution in [0.3, 0.4) is 0 Å². The van der Waals surface area contributed by atoms with Crippen molar-refractivity contribution >= 4 is 47.9 Å². The van der Waals surface area contributed by atoms with E-state index in [1.54, 1.807) is 55.1 Å². The fourth-order valence-electron chi connectivity index (χ4n) is 8.96. The number of benzene rings is 2. The Labute approximate surface area is 425 Å². The molecule has 4 aliphatic rings. The number of carbonyl (C=O) groups is 6. The number of piperazine rings is 3. The lowest BCUT2D eigenvalue weighted by Crippen LogP contribution is -2.53. The number of rotatable bonds is 14. The van der Waals surface area contributed by atoms with Crippen molar-refractivity contribution in [3.8, 4) is 0 Å². The summed E-state index contributed by atoms with van der Waals surface area (Å²) in [6, 6.07) is 13.9. The van der Waals surface area contributed by atoms with Gasteiger partial charge in [-0.3, -0.25) is 15.6 Å². The van der Waals surface area contributed by atoms with Crippen LogP contribution >= 0.6 is 0 Å². The number of hydrogen-bond donors (Lipinski definition) is 8. The Balaban J connectivity index is 0.000000344. The van der Waals surface area contributed by atoms with Gasteiger partial charge in [-0.25, -0.2) is 29.0 Å². The number of amidine groups is 2. The zero-order chi connectivity index (χ0) is 52.1. The summed E-state index contributed by atoms with van der Waals surface area (Å²) in [7, 11) is 0. The molecule has 4 heterocycles. The molecular formula is C50H72N14O9. The number of nitrogens with zero attached hydrogens (tertiary/aromatic N) is 7. The lowest BCUT2D eigenvalue weighted by atomic mass is 9.96. The maximum Gasteiger partial charge on any atom is 0.410 e. The minimum atomic E-state index is -0.902. The molecule has 1 saturated carbocycles. The third-order valence-corrected chi connectivity index (χ3v) is 13.5. The van der Waals surface area contributed by atoms with Crippen molar-refractivity contribution in [3.63, 3.8) is 0 Å². The Morgan fingerprint density at radius 2 is 1.00 bits per heavy atom. The third-order valence-electron chi connectivity index (χ3n) is 13.5. The highest BCUT2D eigenvalue weighted by molar-refractivity contribution is 5.95. The molecule has 23 nitrogen and oxygen atoms in total. The topological polar surface area (TPSA) is 313 Å². The number of carboxylic acid groups (broad SMARTS) is 1. The van der Waals surface area contributed by atoms with E-state index in [1.807, 2.05) is 30.5 Å². The maximum absolute atomic E-state index is 13.0. The number of ether oxygens (including phenoxy) is 2. The van der Waals surface area contributed by atoms with Gasteiger partial charge < -0.3 is 71.1 Å². The summed E-state index contributed by atoms with van der Waals surface area (Å²) in [5.74, 6) is 0.128. The van der Waals surface area contributed by atoms with Crippen molar-refractivity contribution in [1.82, 2.24) is 50.0 Å². The Hall–Kier alpha value is -7.59. The first-order valence-electron chi connectivity index (χ1n) is 25.3. The first-order valence-corrected chi connectivity index (χ1v) is 25.3. The molecule has 73 heavy (non-hydrogen) atoms. The summed E-state index contributed by atoms with van der Waals surface area (Å²) >= 11 is 0. The lowest BCUT2D eigenvalue weighted by molar-refractivity contribution is -0.132. The van der Waals surface area contributed by atoms with Crippen LogP contribution in [-0.2, 0) is 33.8 Å². The molecule has 3 aliphatic heterocycles. The lowest BCUT2D eigenvalue weighted by Gasteiger charge is -2.36. The van der Waals surface area contributed by atoms with Gasteiger partial charge in [-0.2, -0.15) is 0 Å². The molecule has 1 aliphatic carbocycles. The average molecular weight is 1010 g/mol. The molecule has 396 valence electrons. The normalized spacial score (nSPS) is 18.2. The van der Waals surface area contributed by atoms with Gasteiger partial charge in [-0.05, 0) is 68.9 Å². The van der Waals surface area contributed by atoms with E-state index in [0.717, 1.165) is 55.3 Å². The van der Waals surface area contributed by atoms with E-state index in [2.05, 4.69) is 20.6 Å². The molecule has 2 aromatic carbocycles. The number of imidazole rings is 1. The van der Waals surface area contributed by atoms with Crippen LogP contribution in [0, 0.1) is 10.8 Å². The number of hydrogen-bond acceptors (Lipinski definition) is 11. The Kier molecular flexibility index (Phi) is 20.9. The molecule has 7 rings (SSSR count). The SMILES string of the molecule is N=C(N)c1ccc(CNC(=O)N2CCN(C(=O)O[C@H]3CCC[C@@H](OC(=O)N4CCN(C(=O)NCc5ccc(C(=N)N)cc5)CC4)CCC3)CC2)cc1.O=C(O)N1CCN(C(=O)CCCCCc2c[nH]cn2)CC1. The van der Waals surface area contributed by atoms with Gasteiger partial charge in [0.05, 0.1) is 12.0 Å². The van der Waals surface area contributed by atoms with E-state index in [9.17, 15) is 28.8 Å². The van der Waals surface area contributed by atoms with Crippen molar-refractivity contribution < 1.29 is 43.3 Å². The predicted molar refractivity (Wildman–Crippen MR) is 271 cm³/mol. The van der Waals surface area contributed by atoms with Gasteiger partial charge in [0.25, 0.3) is 0 Å². The van der Waals surface area contributed by atoms with Gasteiger partial charge in [-0.1, -0.05) is 55.0 Å². The molecule has 23 heteroatoms. The van der Waals surface area contributed by atoms with E-state index in [0.29, 0.717) is 135 Å². The maximum atomic E-state index is 13.0. The monoisotopic (exact) mass is 1010 g/mol. The van der Waals surface area contributed by atoms with Crippen LogP contribution in [0.4, 0.5) is 24.0 Å². The first kappa shape index (κ1) is 54.7. The van der Waals surface area contributed by atoms with Crippen LogP contribution in [0.2, 0.25) is 0 Å². The zero-order valence-electron chi connectivity index (χ0n) is 41.6. The smallest absolute Gasteiger partial charge is 0.410 e. The third kappa shape index (κ3) is 17.6. The molecule has 0 unspecified atom stereocenters. The van der Waals surface area contributed by atoms with Crippen LogP contribution in [0.25, 0.3) is 0 Å². The summed E-state index contributed by atoms with van der Waals surface area (Å²) in [4.78, 5) is 90.9. The highest BCUT2D eigenvalue weighted by Crippen LogP contribution is 2.24. The van der Waals surface area contributed by atoms with E-state index >= 15 is 0 Å². The highest BCUT2D eigenvalue weighted by atomic mass is 16.6. The number of aryl methyl sites for hydroxylation is 1. The minimum absolute atomic E-state index is 0.00518. The van der Waals surface area contributed by atoms with Gasteiger partial charge in [0.2, 0.25) is 5.91 Å². The van der Waals surface area contributed by atoms with Crippen molar-refractivity contribution in [1.29, 1.82) is 10.8 Å². The number of urea groups is 2. The summed E-state index contributed by atoms with van der Waals surface area (Å²) in [6.45, 7) is 5.74. The fourth-order valence-corrected chi connectivity index (χ4v) is 8.96. The number of H-pyrrole nitrogens is 1. The number of aromatic amines is 1. The van der Waals surface area contributed by atoms with E-state index in [4.69, 9.17) is 36.9 Å². The summed E-state index contributed by atoms with van der Waals surface area (Å²) in [5.41, 5.74) is 15.1. The molecule has 1 aromatic heterocycles. The molecule has 0 bridgehead atoms. The second-order valence-electron chi connectivity index (χ2n) is 18.6. The van der Waals surface area contributed by atoms with Crippen molar-refractivity contribution in [2.24, 2.45) is 11.5 Å². The molecule has 0 radical (unpaired) electrons. The molecule has 0 spiro atoms. The fraction of sp³-hybridized carbons (Fsp3) is 0.540. The second kappa shape index (κ2) is 27.9.